The first-order valence-electron chi connectivity index (χ1n) is 10.2. The van der Waals surface area contributed by atoms with E-state index in [1.54, 1.807) is 10.6 Å². The van der Waals surface area contributed by atoms with Crippen molar-refractivity contribution in [2.75, 3.05) is 5.32 Å². The Morgan fingerprint density at radius 3 is 2.83 bits per heavy atom. The molecule has 7 heteroatoms. The van der Waals surface area contributed by atoms with Crippen LogP contribution in [-0.4, -0.2) is 25.4 Å². The lowest BCUT2D eigenvalue weighted by molar-refractivity contribution is 0.102. The molecule has 0 bridgehead atoms. The zero-order valence-corrected chi connectivity index (χ0v) is 17.2. The van der Waals surface area contributed by atoms with Gasteiger partial charge in [0, 0.05) is 23.4 Å². The van der Waals surface area contributed by atoms with E-state index in [1.807, 2.05) is 49.5 Å². The third-order valence-corrected chi connectivity index (χ3v) is 6.09. The summed E-state index contributed by atoms with van der Waals surface area (Å²) in [6.07, 6.45) is 4.59. The number of pyridine rings is 1. The second-order valence-corrected chi connectivity index (χ2v) is 8.23. The van der Waals surface area contributed by atoms with E-state index in [0.29, 0.717) is 40.9 Å². The SMILES string of the molecule is Cc1ccc(-c2noc(C3[C@H](C)C[C@@H]3C)n2)cc1NC(=O)c1cnc2ccccn12. The highest BCUT2D eigenvalue weighted by molar-refractivity contribution is 6.04. The number of nitrogens with one attached hydrogen (secondary N) is 1. The van der Waals surface area contributed by atoms with E-state index in [9.17, 15) is 4.79 Å². The number of carbonyl (C=O) groups excluding carboxylic acids is 1. The quantitative estimate of drug-likeness (QED) is 0.535. The lowest BCUT2D eigenvalue weighted by Crippen LogP contribution is -2.30. The number of hydrogen-bond donors (Lipinski definition) is 1. The molecule has 1 aliphatic carbocycles. The number of aromatic nitrogens is 4. The Hall–Kier alpha value is -3.48. The van der Waals surface area contributed by atoms with Crippen LogP contribution in [0.5, 0.6) is 0 Å². The number of anilines is 1. The van der Waals surface area contributed by atoms with Gasteiger partial charge in [-0.1, -0.05) is 37.2 Å². The topological polar surface area (TPSA) is 85.3 Å². The third-order valence-electron chi connectivity index (χ3n) is 6.09. The minimum Gasteiger partial charge on any atom is -0.339 e. The van der Waals surface area contributed by atoms with Crippen molar-refractivity contribution in [2.24, 2.45) is 11.8 Å². The summed E-state index contributed by atoms with van der Waals surface area (Å²) in [7, 11) is 0. The van der Waals surface area contributed by atoms with Crippen LogP contribution < -0.4 is 5.32 Å². The lowest BCUT2D eigenvalue weighted by atomic mass is 9.66. The maximum Gasteiger partial charge on any atom is 0.274 e. The van der Waals surface area contributed by atoms with Crippen molar-refractivity contribution in [3.05, 3.63) is 65.9 Å². The Morgan fingerprint density at radius 1 is 1.20 bits per heavy atom. The summed E-state index contributed by atoms with van der Waals surface area (Å²) < 4.78 is 7.33. The van der Waals surface area contributed by atoms with Crippen LogP contribution in [0.1, 0.15) is 48.1 Å². The molecule has 0 saturated heterocycles. The normalized spacial score (nSPS) is 20.8. The summed E-state index contributed by atoms with van der Waals surface area (Å²) in [5.74, 6) is 2.47. The van der Waals surface area contributed by atoms with Gasteiger partial charge in [-0.15, -0.1) is 0 Å². The first kappa shape index (κ1) is 18.5. The van der Waals surface area contributed by atoms with Crippen LogP contribution in [-0.2, 0) is 0 Å². The Balaban J connectivity index is 1.41. The van der Waals surface area contributed by atoms with Crippen molar-refractivity contribution >= 4 is 17.2 Å². The van der Waals surface area contributed by atoms with Gasteiger partial charge in [0.15, 0.2) is 0 Å². The fourth-order valence-corrected chi connectivity index (χ4v) is 4.40. The maximum atomic E-state index is 12.9. The largest absolute Gasteiger partial charge is 0.339 e. The summed E-state index contributed by atoms with van der Waals surface area (Å²) in [4.78, 5) is 21.8. The first-order chi connectivity index (χ1) is 14.5. The highest BCUT2D eigenvalue weighted by atomic mass is 16.5. The average molecular weight is 401 g/mol. The molecule has 30 heavy (non-hydrogen) atoms. The minimum absolute atomic E-state index is 0.222. The third kappa shape index (κ3) is 3.07. The van der Waals surface area contributed by atoms with Crippen LogP contribution >= 0.6 is 0 Å². The van der Waals surface area contributed by atoms with Crippen molar-refractivity contribution in [1.82, 2.24) is 19.5 Å². The highest BCUT2D eigenvalue weighted by Gasteiger charge is 2.39. The number of rotatable bonds is 4. The number of fused-ring (bicyclic) bond motifs is 1. The maximum absolute atomic E-state index is 12.9. The number of nitrogens with zero attached hydrogens (tertiary/aromatic N) is 4. The Bertz CT molecular complexity index is 1230. The molecular weight excluding hydrogens is 378 g/mol. The van der Waals surface area contributed by atoms with E-state index in [4.69, 9.17) is 4.52 Å². The predicted molar refractivity (Wildman–Crippen MR) is 113 cm³/mol. The Kier molecular flexibility index (Phi) is 4.38. The van der Waals surface area contributed by atoms with Crippen molar-refractivity contribution < 1.29 is 9.32 Å². The number of hydrogen-bond acceptors (Lipinski definition) is 5. The summed E-state index contributed by atoms with van der Waals surface area (Å²) >= 11 is 0. The average Bonchev–Trinajstić information content (AvgIpc) is 3.37. The standard InChI is InChI=1S/C23H23N5O2/c1-13-7-8-16(21-26-23(30-27-21)20-14(2)10-15(20)3)11-17(13)25-22(29)18-12-24-19-6-4-5-9-28(18)19/h4-9,11-12,14-15,20H,10H2,1-3H3,(H,25,29)/t14-,15+,20?. The van der Waals surface area contributed by atoms with Crippen molar-refractivity contribution in [2.45, 2.75) is 33.1 Å². The monoisotopic (exact) mass is 401 g/mol. The summed E-state index contributed by atoms with van der Waals surface area (Å²) in [5, 5.41) is 7.18. The van der Waals surface area contributed by atoms with Gasteiger partial charge in [-0.25, -0.2) is 4.98 Å². The molecule has 4 aromatic rings. The van der Waals surface area contributed by atoms with E-state index >= 15 is 0 Å². The van der Waals surface area contributed by atoms with Crippen molar-refractivity contribution in [3.63, 3.8) is 0 Å². The first-order valence-corrected chi connectivity index (χ1v) is 10.2. The number of imidazole rings is 1. The molecule has 3 aromatic heterocycles. The molecule has 0 spiro atoms. The molecule has 0 aliphatic heterocycles. The van der Waals surface area contributed by atoms with E-state index in [-0.39, 0.29) is 5.91 Å². The van der Waals surface area contributed by atoms with Crippen LogP contribution in [0.4, 0.5) is 5.69 Å². The molecule has 3 atom stereocenters. The van der Waals surface area contributed by atoms with Gasteiger partial charge in [0.05, 0.1) is 6.20 Å². The fraction of sp³-hybridized carbons (Fsp3) is 0.304. The van der Waals surface area contributed by atoms with Gasteiger partial charge in [-0.3, -0.25) is 9.20 Å². The lowest BCUT2D eigenvalue weighted by Gasteiger charge is -2.38. The smallest absolute Gasteiger partial charge is 0.274 e. The molecular formula is C23H23N5O2. The van der Waals surface area contributed by atoms with Gasteiger partial charge in [-0.2, -0.15) is 4.98 Å². The van der Waals surface area contributed by atoms with Crippen molar-refractivity contribution in [1.29, 1.82) is 0 Å². The number of benzene rings is 1. The van der Waals surface area contributed by atoms with Gasteiger partial charge in [0.2, 0.25) is 11.7 Å². The molecule has 5 rings (SSSR count). The van der Waals surface area contributed by atoms with Crippen LogP contribution in [0, 0.1) is 18.8 Å². The van der Waals surface area contributed by atoms with Crippen molar-refractivity contribution in [3.8, 4) is 11.4 Å². The zero-order valence-electron chi connectivity index (χ0n) is 17.2. The molecule has 1 N–H and O–H groups in total. The number of amides is 1. The predicted octanol–water partition coefficient (Wildman–Crippen LogP) is 4.70. The molecule has 1 aromatic carbocycles. The molecule has 1 unspecified atom stereocenters. The van der Waals surface area contributed by atoms with Gasteiger partial charge >= 0.3 is 0 Å². The van der Waals surface area contributed by atoms with Gasteiger partial charge < -0.3 is 9.84 Å². The second-order valence-electron chi connectivity index (χ2n) is 8.23. The molecule has 1 aliphatic rings. The minimum atomic E-state index is -0.222. The molecule has 152 valence electrons. The highest BCUT2D eigenvalue weighted by Crippen LogP contribution is 2.46. The van der Waals surface area contributed by atoms with Gasteiger partial charge in [-0.05, 0) is 48.9 Å². The van der Waals surface area contributed by atoms with Gasteiger partial charge in [0.1, 0.15) is 11.3 Å². The molecule has 3 heterocycles. The molecule has 1 fully saturated rings. The second kappa shape index (κ2) is 7.09. The summed E-state index contributed by atoms with van der Waals surface area (Å²) in [5.41, 5.74) is 3.67. The van der Waals surface area contributed by atoms with Crippen LogP contribution in [0.3, 0.4) is 0 Å². The van der Waals surface area contributed by atoms with Crippen LogP contribution in [0.15, 0.2) is 53.3 Å². The molecule has 1 saturated carbocycles. The van der Waals surface area contributed by atoms with Crippen LogP contribution in [0.25, 0.3) is 17.0 Å². The number of aryl methyl sites for hydroxylation is 1. The molecule has 1 amide bonds. The van der Waals surface area contributed by atoms with E-state index < -0.39 is 0 Å². The zero-order chi connectivity index (χ0) is 20.8. The van der Waals surface area contributed by atoms with E-state index in [2.05, 4.69) is 34.3 Å². The van der Waals surface area contributed by atoms with E-state index in [1.165, 1.54) is 6.42 Å². The van der Waals surface area contributed by atoms with Crippen LogP contribution in [0.2, 0.25) is 0 Å². The Labute approximate surface area is 174 Å². The van der Waals surface area contributed by atoms with Gasteiger partial charge in [0.25, 0.3) is 5.91 Å². The Morgan fingerprint density at radius 2 is 2.03 bits per heavy atom. The fourth-order valence-electron chi connectivity index (χ4n) is 4.40. The summed E-state index contributed by atoms with van der Waals surface area (Å²) in [6, 6.07) is 11.4. The summed E-state index contributed by atoms with van der Waals surface area (Å²) in [6.45, 7) is 6.38. The number of carbonyl (C=O) groups is 1. The molecule has 7 nitrogen and oxygen atoms in total. The van der Waals surface area contributed by atoms with E-state index in [0.717, 1.165) is 16.8 Å². The molecule has 0 radical (unpaired) electrons.